The predicted molar refractivity (Wildman–Crippen MR) is 94.7 cm³/mol. The van der Waals surface area contributed by atoms with Crippen molar-refractivity contribution in [1.29, 1.82) is 0 Å². The van der Waals surface area contributed by atoms with Crippen LogP contribution in [0.5, 0.6) is 0 Å². The fraction of sp³-hybridized carbons (Fsp3) is 0.471. The highest BCUT2D eigenvalue weighted by atomic mass is 32.1. The van der Waals surface area contributed by atoms with Crippen molar-refractivity contribution in [3.8, 4) is 0 Å². The Hall–Kier alpha value is -2.20. The number of anilines is 1. The summed E-state index contributed by atoms with van der Waals surface area (Å²) in [6, 6.07) is 3.73. The zero-order valence-electron chi connectivity index (χ0n) is 14.5. The molecule has 146 valence electrons. The number of carbonyl (C=O) groups is 1. The van der Waals surface area contributed by atoms with E-state index < -0.39 is 23.8 Å². The van der Waals surface area contributed by atoms with Gasteiger partial charge in [-0.2, -0.15) is 13.2 Å². The molecule has 1 aliphatic heterocycles. The first-order chi connectivity index (χ1) is 12.8. The van der Waals surface area contributed by atoms with E-state index in [2.05, 4.69) is 20.8 Å². The summed E-state index contributed by atoms with van der Waals surface area (Å²) in [5.74, 6) is 0.277. The highest BCUT2D eigenvalue weighted by molar-refractivity contribution is 7.15. The van der Waals surface area contributed by atoms with Crippen LogP contribution in [0.4, 0.5) is 23.1 Å². The van der Waals surface area contributed by atoms with E-state index in [0.717, 1.165) is 30.0 Å². The minimum absolute atomic E-state index is 0.277. The summed E-state index contributed by atoms with van der Waals surface area (Å²) < 4.78 is 43.8. The van der Waals surface area contributed by atoms with Crippen molar-refractivity contribution >= 4 is 22.5 Å². The molecule has 2 heterocycles. The summed E-state index contributed by atoms with van der Waals surface area (Å²) in [4.78, 5) is 12.1. The van der Waals surface area contributed by atoms with Gasteiger partial charge in [-0.3, -0.25) is 5.32 Å². The smallest absolute Gasteiger partial charge is 0.381 e. The highest BCUT2D eigenvalue weighted by Crippen LogP contribution is 2.32. The number of hydrogen-bond acceptors (Lipinski definition) is 5. The van der Waals surface area contributed by atoms with E-state index in [1.54, 1.807) is 6.92 Å². The van der Waals surface area contributed by atoms with Crippen LogP contribution in [0.25, 0.3) is 0 Å². The highest BCUT2D eigenvalue weighted by Gasteiger charge is 2.30. The molecule has 0 radical (unpaired) electrons. The Labute approximate surface area is 158 Å². The molecule has 10 heteroatoms. The fourth-order valence-corrected chi connectivity index (χ4v) is 3.70. The lowest BCUT2D eigenvalue weighted by atomic mass is 10.0. The number of alkyl halides is 3. The van der Waals surface area contributed by atoms with Gasteiger partial charge in [0, 0.05) is 19.1 Å². The molecule has 1 fully saturated rings. The minimum atomic E-state index is -4.43. The summed E-state index contributed by atoms with van der Waals surface area (Å²) >= 11 is 1.30. The summed E-state index contributed by atoms with van der Waals surface area (Å²) in [5, 5.41) is 14.5. The summed E-state index contributed by atoms with van der Waals surface area (Å²) in [7, 11) is 0. The van der Waals surface area contributed by atoms with E-state index in [1.165, 1.54) is 23.5 Å². The standard InChI is InChI=1S/C17H19F3N4O2S/c1-10(12-3-2-4-13(9-12)17(18,19)20)21-15(25)22-16-24-23-14(27-16)11-5-7-26-8-6-11/h2-4,9-11H,5-8H2,1H3,(H2,21,22,24,25). The maximum Gasteiger partial charge on any atom is 0.416 e. The van der Waals surface area contributed by atoms with E-state index in [-0.39, 0.29) is 5.92 Å². The van der Waals surface area contributed by atoms with E-state index in [1.807, 2.05) is 0 Å². The Morgan fingerprint density at radius 1 is 1.30 bits per heavy atom. The Morgan fingerprint density at radius 2 is 2.04 bits per heavy atom. The van der Waals surface area contributed by atoms with E-state index in [4.69, 9.17) is 4.74 Å². The molecule has 2 aromatic rings. The van der Waals surface area contributed by atoms with E-state index in [9.17, 15) is 18.0 Å². The number of halogens is 3. The number of benzene rings is 1. The maximum absolute atomic E-state index is 12.8. The van der Waals surface area contributed by atoms with Crippen molar-refractivity contribution in [2.75, 3.05) is 18.5 Å². The Bertz CT molecular complexity index is 790. The first-order valence-corrected chi connectivity index (χ1v) is 9.30. The van der Waals surface area contributed by atoms with Crippen molar-refractivity contribution in [2.24, 2.45) is 0 Å². The van der Waals surface area contributed by atoms with Crippen LogP contribution in [0.3, 0.4) is 0 Å². The third-order valence-electron chi connectivity index (χ3n) is 4.29. The summed E-state index contributed by atoms with van der Waals surface area (Å²) in [6.07, 6.45) is -2.69. The number of aromatic nitrogens is 2. The Balaban J connectivity index is 1.58. The number of nitrogens with one attached hydrogen (secondary N) is 2. The number of rotatable bonds is 4. The van der Waals surface area contributed by atoms with Gasteiger partial charge in [-0.05, 0) is 37.5 Å². The molecule has 0 bridgehead atoms. The van der Waals surface area contributed by atoms with Crippen LogP contribution in [-0.4, -0.2) is 29.4 Å². The molecule has 27 heavy (non-hydrogen) atoms. The quantitative estimate of drug-likeness (QED) is 0.801. The van der Waals surface area contributed by atoms with Gasteiger partial charge in [-0.25, -0.2) is 4.79 Å². The van der Waals surface area contributed by atoms with Gasteiger partial charge in [0.1, 0.15) is 5.01 Å². The molecular weight excluding hydrogens is 381 g/mol. The van der Waals surface area contributed by atoms with Crippen molar-refractivity contribution < 1.29 is 22.7 Å². The van der Waals surface area contributed by atoms with Crippen molar-refractivity contribution in [1.82, 2.24) is 15.5 Å². The first kappa shape index (κ1) is 19.6. The Kier molecular flexibility index (Phi) is 5.95. The molecule has 1 saturated heterocycles. The zero-order chi connectivity index (χ0) is 19.4. The van der Waals surface area contributed by atoms with Crippen LogP contribution >= 0.6 is 11.3 Å². The number of nitrogens with zero attached hydrogens (tertiary/aromatic N) is 2. The van der Waals surface area contributed by atoms with Gasteiger partial charge in [-0.1, -0.05) is 23.5 Å². The van der Waals surface area contributed by atoms with Gasteiger partial charge in [0.15, 0.2) is 0 Å². The normalized spacial score (nSPS) is 16.7. The molecule has 3 rings (SSSR count). The van der Waals surface area contributed by atoms with Crippen molar-refractivity contribution in [2.45, 2.75) is 37.9 Å². The SMILES string of the molecule is CC(NC(=O)Nc1nnc(C2CCOCC2)s1)c1cccc(C(F)(F)F)c1. The average Bonchev–Trinajstić information content (AvgIpc) is 3.10. The molecule has 1 aromatic heterocycles. The van der Waals surface area contributed by atoms with Crippen LogP contribution in [0, 0.1) is 0 Å². The molecule has 1 unspecified atom stereocenters. The van der Waals surface area contributed by atoms with E-state index >= 15 is 0 Å². The third-order valence-corrected chi connectivity index (χ3v) is 5.29. The largest absolute Gasteiger partial charge is 0.416 e. The van der Waals surface area contributed by atoms with Gasteiger partial charge in [0.05, 0.1) is 11.6 Å². The molecule has 2 amide bonds. The minimum Gasteiger partial charge on any atom is -0.381 e. The van der Waals surface area contributed by atoms with Gasteiger partial charge >= 0.3 is 12.2 Å². The predicted octanol–water partition coefficient (Wildman–Crippen LogP) is 4.33. The summed E-state index contributed by atoms with van der Waals surface area (Å²) in [6.45, 7) is 2.98. The molecule has 2 N–H and O–H groups in total. The van der Waals surface area contributed by atoms with Gasteiger partial charge in [-0.15, -0.1) is 10.2 Å². The first-order valence-electron chi connectivity index (χ1n) is 8.49. The topological polar surface area (TPSA) is 76.1 Å². The second-order valence-corrected chi connectivity index (χ2v) is 7.28. The van der Waals surface area contributed by atoms with E-state index in [0.29, 0.717) is 23.9 Å². The third kappa shape index (κ3) is 5.16. The monoisotopic (exact) mass is 400 g/mol. The molecule has 6 nitrogen and oxygen atoms in total. The van der Waals surface area contributed by atoms with Crippen LogP contribution in [0.1, 0.15) is 47.9 Å². The molecule has 1 aliphatic rings. The lowest BCUT2D eigenvalue weighted by Crippen LogP contribution is -2.31. The van der Waals surface area contributed by atoms with Gasteiger partial charge in [0.25, 0.3) is 0 Å². The fourth-order valence-electron chi connectivity index (χ4n) is 2.79. The van der Waals surface area contributed by atoms with Crippen LogP contribution in [0.15, 0.2) is 24.3 Å². The van der Waals surface area contributed by atoms with Crippen molar-refractivity contribution in [3.63, 3.8) is 0 Å². The molecule has 1 atom stereocenters. The molecule has 0 spiro atoms. The van der Waals surface area contributed by atoms with Gasteiger partial charge < -0.3 is 10.1 Å². The zero-order valence-corrected chi connectivity index (χ0v) is 15.4. The number of carbonyl (C=O) groups excluding carboxylic acids is 1. The lowest BCUT2D eigenvalue weighted by Gasteiger charge is -2.19. The van der Waals surface area contributed by atoms with Crippen molar-refractivity contribution in [3.05, 3.63) is 40.4 Å². The molecular formula is C17H19F3N4O2S. The maximum atomic E-state index is 12.8. The number of urea groups is 1. The van der Waals surface area contributed by atoms with Gasteiger partial charge in [0.2, 0.25) is 5.13 Å². The van der Waals surface area contributed by atoms with Crippen LogP contribution in [0.2, 0.25) is 0 Å². The number of ether oxygens (including phenoxy) is 1. The molecule has 0 saturated carbocycles. The lowest BCUT2D eigenvalue weighted by molar-refractivity contribution is -0.137. The average molecular weight is 400 g/mol. The number of amides is 2. The van der Waals surface area contributed by atoms with Crippen LogP contribution < -0.4 is 10.6 Å². The molecule has 1 aromatic carbocycles. The Morgan fingerprint density at radius 3 is 2.74 bits per heavy atom. The second-order valence-electron chi connectivity index (χ2n) is 6.28. The molecule has 0 aliphatic carbocycles. The van der Waals surface area contributed by atoms with Crippen LogP contribution in [-0.2, 0) is 10.9 Å². The number of hydrogen-bond donors (Lipinski definition) is 2. The summed E-state index contributed by atoms with van der Waals surface area (Å²) in [5.41, 5.74) is -0.389. The second kappa shape index (κ2) is 8.22.